The fourth-order valence-electron chi connectivity index (χ4n) is 3.94. The van der Waals surface area contributed by atoms with E-state index in [1.807, 2.05) is 24.3 Å². The number of hydrogen-bond donors (Lipinski definition) is 3. The Balaban J connectivity index is 0.00000341. The van der Waals surface area contributed by atoms with Crippen molar-refractivity contribution >= 4 is 41.5 Å². The molecule has 0 saturated heterocycles. The number of nitrogens with one attached hydrogen (secondary N) is 3. The first-order valence-electron chi connectivity index (χ1n) is 11.8. The second kappa shape index (κ2) is 14.7. The van der Waals surface area contributed by atoms with Gasteiger partial charge in [0.2, 0.25) is 5.91 Å². The van der Waals surface area contributed by atoms with E-state index >= 15 is 0 Å². The Morgan fingerprint density at radius 3 is 2.61 bits per heavy atom. The molecule has 2 aliphatic carbocycles. The van der Waals surface area contributed by atoms with Crippen LogP contribution in [0.3, 0.4) is 0 Å². The SMILES string of the molecule is CCNC(=NCc1cccc(NC(=O)C2CCC2)c1)NCCCOC1CCCCC1.I. The van der Waals surface area contributed by atoms with Crippen molar-refractivity contribution < 1.29 is 9.53 Å². The van der Waals surface area contributed by atoms with Crippen LogP contribution in [0.25, 0.3) is 0 Å². The molecular weight excluding hydrogens is 503 g/mol. The van der Waals surface area contributed by atoms with Gasteiger partial charge in [-0.25, -0.2) is 4.99 Å². The van der Waals surface area contributed by atoms with Crippen molar-refractivity contribution in [1.29, 1.82) is 0 Å². The molecule has 1 amide bonds. The predicted molar refractivity (Wildman–Crippen MR) is 138 cm³/mol. The lowest BCUT2D eigenvalue weighted by molar-refractivity contribution is -0.122. The molecule has 0 heterocycles. The molecule has 2 fully saturated rings. The van der Waals surface area contributed by atoms with Gasteiger partial charge in [-0.2, -0.15) is 0 Å². The van der Waals surface area contributed by atoms with Gasteiger partial charge in [-0.15, -0.1) is 24.0 Å². The molecule has 0 aromatic heterocycles. The largest absolute Gasteiger partial charge is 0.378 e. The molecule has 0 atom stereocenters. The highest BCUT2D eigenvalue weighted by atomic mass is 127. The molecule has 0 radical (unpaired) electrons. The normalized spacial score (nSPS) is 17.4. The molecule has 2 saturated carbocycles. The summed E-state index contributed by atoms with van der Waals surface area (Å²) in [6.45, 7) is 5.11. The molecule has 0 bridgehead atoms. The lowest BCUT2D eigenvalue weighted by atomic mass is 9.85. The van der Waals surface area contributed by atoms with Crippen LogP contribution in [0.4, 0.5) is 5.69 Å². The van der Waals surface area contributed by atoms with Gasteiger partial charge in [-0.3, -0.25) is 4.79 Å². The van der Waals surface area contributed by atoms with Crippen molar-refractivity contribution in [3.63, 3.8) is 0 Å². The minimum Gasteiger partial charge on any atom is -0.378 e. The molecule has 1 aromatic rings. The van der Waals surface area contributed by atoms with Gasteiger partial charge in [-0.1, -0.05) is 37.8 Å². The number of amides is 1. The molecule has 3 N–H and O–H groups in total. The monoisotopic (exact) mass is 542 g/mol. The summed E-state index contributed by atoms with van der Waals surface area (Å²) >= 11 is 0. The van der Waals surface area contributed by atoms with Crippen LogP contribution < -0.4 is 16.0 Å². The Labute approximate surface area is 204 Å². The van der Waals surface area contributed by atoms with E-state index in [1.165, 1.54) is 38.5 Å². The number of benzene rings is 1. The summed E-state index contributed by atoms with van der Waals surface area (Å²) in [5.74, 6) is 1.16. The number of rotatable bonds is 10. The molecule has 174 valence electrons. The fraction of sp³-hybridized carbons (Fsp3) is 0.667. The summed E-state index contributed by atoms with van der Waals surface area (Å²) in [5.41, 5.74) is 1.94. The fourth-order valence-corrected chi connectivity index (χ4v) is 3.94. The highest BCUT2D eigenvalue weighted by molar-refractivity contribution is 14.0. The Hall–Kier alpha value is -1.35. The van der Waals surface area contributed by atoms with Crippen molar-refractivity contribution in [1.82, 2.24) is 10.6 Å². The van der Waals surface area contributed by atoms with E-state index in [2.05, 4.69) is 22.9 Å². The van der Waals surface area contributed by atoms with Crippen LogP contribution in [0, 0.1) is 5.92 Å². The minimum atomic E-state index is 0. The molecule has 0 unspecified atom stereocenters. The van der Waals surface area contributed by atoms with Gasteiger partial charge >= 0.3 is 0 Å². The Kier molecular flexibility index (Phi) is 12.3. The van der Waals surface area contributed by atoms with Crippen LogP contribution in [0.5, 0.6) is 0 Å². The maximum absolute atomic E-state index is 12.2. The summed E-state index contributed by atoms with van der Waals surface area (Å²) in [6.07, 6.45) is 11.1. The summed E-state index contributed by atoms with van der Waals surface area (Å²) in [7, 11) is 0. The summed E-state index contributed by atoms with van der Waals surface area (Å²) in [6, 6.07) is 7.98. The van der Waals surface area contributed by atoms with E-state index in [-0.39, 0.29) is 35.8 Å². The first kappa shape index (κ1) is 25.9. The summed E-state index contributed by atoms with van der Waals surface area (Å²) in [4.78, 5) is 16.9. The molecule has 1 aromatic carbocycles. The third kappa shape index (κ3) is 9.35. The smallest absolute Gasteiger partial charge is 0.227 e. The Morgan fingerprint density at radius 1 is 1.10 bits per heavy atom. The Morgan fingerprint density at radius 2 is 1.90 bits per heavy atom. The van der Waals surface area contributed by atoms with Crippen LogP contribution in [0.2, 0.25) is 0 Å². The van der Waals surface area contributed by atoms with Gasteiger partial charge in [0.1, 0.15) is 0 Å². The number of anilines is 1. The van der Waals surface area contributed by atoms with Crippen molar-refractivity contribution in [2.24, 2.45) is 10.9 Å². The van der Waals surface area contributed by atoms with E-state index in [0.29, 0.717) is 12.6 Å². The number of hydrogen-bond acceptors (Lipinski definition) is 3. The van der Waals surface area contributed by atoms with Gasteiger partial charge in [0.15, 0.2) is 5.96 Å². The third-order valence-electron chi connectivity index (χ3n) is 5.95. The Bertz CT molecular complexity index is 688. The number of halogens is 1. The molecule has 7 heteroatoms. The van der Waals surface area contributed by atoms with Crippen LogP contribution in [0.15, 0.2) is 29.3 Å². The van der Waals surface area contributed by atoms with E-state index in [4.69, 9.17) is 9.73 Å². The second-order valence-electron chi connectivity index (χ2n) is 8.42. The summed E-state index contributed by atoms with van der Waals surface area (Å²) in [5, 5.41) is 9.73. The zero-order valence-corrected chi connectivity index (χ0v) is 21.2. The van der Waals surface area contributed by atoms with Crippen molar-refractivity contribution in [2.75, 3.05) is 25.0 Å². The molecule has 2 aliphatic rings. The average molecular weight is 543 g/mol. The van der Waals surface area contributed by atoms with Gasteiger partial charge in [-0.05, 0) is 56.7 Å². The van der Waals surface area contributed by atoms with E-state index in [0.717, 1.165) is 56.2 Å². The predicted octanol–water partition coefficient (Wildman–Crippen LogP) is 4.84. The first-order chi connectivity index (χ1) is 14.7. The highest BCUT2D eigenvalue weighted by Gasteiger charge is 2.25. The van der Waals surface area contributed by atoms with Gasteiger partial charge in [0.05, 0.1) is 12.6 Å². The average Bonchev–Trinajstić information content (AvgIpc) is 2.71. The zero-order valence-electron chi connectivity index (χ0n) is 18.8. The lowest BCUT2D eigenvalue weighted by Gasteiger charge is -2.24. The lowest BCUT2D eigenvalue weighted by Crippen LogP contribution is -2.38. The van der Waals surface area contributed by atoms with Crippen LogP contribution in [-0.4, -0.2) is 37.7 Å². The number of carbonyl (C=O) groups is 1. The van der Waals surface area contributed by atoms with Crippen molar-refractivity contribution in [2.45, 2.75) is 77.4 Å². The molecule has 0 aliphatic heterocycles. The molecule has 6 nitrogen and oxygen atoms in total. The third-order valence-corrected chi connectivity index (χ3v) is 5.95. The van der Waals surface area contributed by atoms with E-state index in [1.54, 1.807) is 0 Å². The summed E-state index contributed by atoms with van der Waals surface area (Å²) < 4.78 is 5.99. The number of guanidine groups is 1. The molecule has 3 rings (SSSR count). The number of ether oxygens (including phenoxy) is 1. The van der Waals surface area contributed by atoms with Gasteiger partial charge in [0.25, 0.3) is 0 Å². The number of aliphatic imine (C=N–C) groups is 1. The molecule has 31 heavy (non-hydrogen) atoms. The standard InChI is InChI=1S/C24H38N4O2.HI/c1-2-25-24(26-15-8-16-30-22-13-4-3-5-14-22)27-18-19-9-6-12-21(17-19)28-23(29)20-10-7-11-20;/h6,9,12,17,20,22H,2-5,7-8,10-11,13-16,18H2,1H3,(H,28,29)(H2,25,26,27);1H. The van der Waals surface area contributed by atoms with Crippen LogP contribution >= 0.6 is 24.0 Å². The quantitative estimate of drug-likeness (QED) is 0.171. The molecular formula is C24H39IN4O2. The minimum absolute atomic E-state index is 0. The van der Waals surface area contributed by atoms with Crippen LogP contribution in [0.1, 0.15) is 70.3 Å². The zero-order chi connectivity index (χ0) is 21.0. The number of carbonyl (C=O) groups excluding carboxylic acids is 1. The maximum Gasteiger partial charge on any atom is 0.227 e. The highest BCUT2D eigenvalue weighted by Crippen LogP contribution is 2.27. The van der Waals surface area contributed by atoms with E-state index in [9.17, 15) is 4.79 Å². The van der Waals surface area contributed by atoms with Crippen LogP contribution in [-0.2, 0) is 16.1 Å². The van der Waals surface area contributed by atoms with Gasteiger partial charge in [0, 0.05) is 31.3 Å². The first-order valence-corrected chi connectivity index (χ1v) is 11.8. The van der Waals surface area contributed by atoms with E-state index < -0.39 is 0 Å². The van der Waals surface area contributed by atoms with Crippen molar-refractivity contribution in [3.05, 3.63) is 29.8 Å². The topological polar surface area (TPSA) is 74.8 Å². The van der Waals surface area contributed by atoms with Gasteiger partial charge < -0.3 is 20.7 Å². The second-order valence-corrected chi connectivity index (χ2v) is 8.42. The maximum atomic E-state index is 12.2. The molecule has 0 spiro atoms. The number of nitrogens with zero attached hydrogens (tertiary/aromatic N) is 1. The van der Waals surface area contributed by atoms with Crippen molar-refractivity contribution in [3.8, 4) is 0 Å².